The first kappa shape index (κ1) is 11.5. The molecule has 0 aliphatic heterocycles. The highest BCUT2D eigenvalue weighted by Crippen LogP contribution is 2.38. The first-order valence-corrected chi connectivity index (χ1v) is 6.64. The van der Waals surface area contributed by atoms with Crippen LogP contribution in [0, 0.1) is 12.3 Å². The average Bonchev–Trinajstić information content (AvgIpc) is 2.82. The lowest BCUT2D eigenvalue weighted by Gasteiger charge is -2.27. The van der Waals surface area contributed by atoms with Gasteiger partial charge >= 0.3 is 0 Å². The van der Waals surface area contributed by atoms with E-state index in [2.05, 4.69) is 42.2 Å². The molecule has 1 fully saturated rings. The van der Waals surface area contributed by atoms with Gasteiger partial charge < -0.3 is 5.32 Å². The summed E-state index contributed by atoms with van der Waals surface area (Å²) in [6.45, 7) is 6.70. The van der Waals surface area contributed by atoms with E-state index in [1.807, 2.05) is 16.8 Å². The molecular weight excluding hydrogens is 224 g/mol. The summed E-state index contributed by atoms with van der Waals surface area (Å²) in [4.78, 5) is 4.52. The molecule has 4 nitrogen and oxygen atoms in total. The van der Waals surface area contributed by atoms with Gasteiger partial charge in [0.05, 0.1) is 0 Å². The fourth-order valence-electron chi connectivity index (χ4n) is 2.80. The third-order valence-corrected chi connectivity index (χ3v) is 4.04. The Bertz CT molecular complexity index is 570. The SMILES string of the molecule is Cc1ccc2nc(NC3CCCC3(C)C)nn2c1. The maximum Gasteiger partial charge on any atom is 0.243 e. The predicted molar refractivity (Wildman–Crippen MR) is 72.8 cm³/mol. The number of hydrogen-bond acceptors (Lipinski definition) is 3. The number of nitrogens with one attached hydrogen (secondary N) is 1. The molecule has 1 saturated carbocycles. The van der Waals surface area contributed by atoms with Gasteiger partial charge in [0.15, 0.2) is 5.65 Å². The van der Waals surface area contributed by atoms with Crippen molar-refractivity contribution in [2.45, 2.75) is 46.1 Å². The predicted octanol–water partition coefficient (Wildman–Crippen LogP) is 3.03. The van der Waals surface area contributed by atoms with Gasteiger partial charge in [-0.1, -0.05) is 26.3 Å². The second kappa shape index (κ2) is 3.97. The van der Waals surface area contributed by atoms with Gasteiger partial charge in [0.25, 0.3) is 0 Å². The minimum absolute atomic E-state index is 0.341. The Morgan fingerprint density at radius 2 is 2.22 bits per heavy atom. The topological polar surface area (TPSA) is 42.2 Å². The number of aromatic nitrogens is 3. The molecule has 4 heteroatoms. The van der Waals surface area contributed by atoms with Crippen LogP contribution in [0.25, 0.3) is 5.65 Å². The Morgan fingerprint density at radius 1 is 1.39 bits per heavy atom. The molecule has 0 saturated heterocycles. The summed E-state index contributed by atoms with van der Waals surface area (Å²) in [5, 5.41) is 7.99. The fraction of sp³-hybridized carbons (Fsp3) is 0.571. The quantitative estimate of drug-likeness (QED) is 0.883. The van der Waals surface area contributed by atoms with Crippen LogP contribution in [0.15, 0.2) is 18.3 Å². The zero-order valence-electron chi connectivity index (χ0n) is 11.3. The Kier molecular flexibility index (Phi) is 2.54. The molecule has 18 heavy (non-hydrogen) atoms. The molecule has 3 rings (SSSR count). The maximum atomic E-state index is 4.52. The summed E-state index contributed by atoms with van der Waals surface area (Å²) in [6.07, 6.45) is 5.78. The normalized spacial score (nSPS) is 22.5. The van der Waals surface area contributed by atoms with Crippen LogP contribution in [0.4, 0.5) is 5.95 Å². The third kappa shape index (κ3) is 1.96. The number of hydrogen-bond donors (Lipinski definition) is 1. The number of rotatable bonds is 2. The lowest BCUT2D eigenvalue weighted by molar-refractivity contribution is 0.349. The van der Waals surface area contributed by atoms with Crippen LogP contribution in [0.1, 0.15) is 38.7 Å². The number of nitrogens with zero attached hydrogens (tertiary/aromatic N) is 3. The van der Waals surface area contributed by atoms with Crippen molar-refractivity contribution in [3.63, 3.8) is 0 Å². The van der Waals surface area contributed by atoms with Crippen LogP contribution in [0.5, 0.6) is 0 Å². The summed E-state index contributed by atoms with van der Waals surface area (Å²) < 4.78 is 1.85. The van der Waals surface area contributed by atoms with Gasteiger partial charge in [-0.25, -0.2) is 4.52 Å². The van der Waals surface area contributed by atoms with Crippen molar-refractivity contribution < 1.29 is 0 Å². The van der Waals surface area contributed by atoms with E-state index in [9.17, 15) is 0 Å². The van der Waals surface area contributed by atoms with E-state index in [1.165, 1.54) is 24.8 Å². The van der Waals surface area contributed by atoms with Crippen molar-refractivity contribution in [1.82, 2.24) is 14.6 Å². The van der Waals surface area contributed by atoms with Gasteiger partial charge in [0.2, 0.25) is 5.95 Å². The largest absolute Gasteiger partial charge is 0.350 e. The van der Waals surface area contributed by atoms with E-state index in [0.29, 0.717) is 11.5 Å². The number of anilines is 1. The Hall–Kier alpha value is -1.58. The van der Waals surface area contributed by atoms with Crippen LogP contribution in [0.2, 0.25) is 0 Å². The third-order valence-electron chi connectivity index (χ3n) is 4.04. The summed E-state index contributed by atoms with van der Waals surface area (Å²) in [5.41, 5.74) is 2.44. The molecule has 0 radical (unpaired) electrons. The van der Waals surface area contributed by atoms with Crippen LogP contribution >= 0.6 is 0 Å². The van der Waals surface area contributed by atoms with Crippen molar-refractivity contribution in [1.29, 1.82) is 0 Å². The van der Waals surface area contributed by atoms with E-state index in [-0.39, 0.29) is 0 Å². The summed E-state index contributed by atoms with van der Waals surface area (Å²) in [5.74, 6) is 0.751. The maximum absolute atomic E-state index is 4.52. The van der Waals surface area contributed by atoms with Gasteiger partial charge in [0.1, 0.15) is 0 Å². The molecule has 2 heterocycles. The van der Waals surface area contributed by atoms with Crippen molar-refractivity contribution in [3.05, 3.63) is 23.9 Å². The lowest BCUT2D eigenvalue weighted by atomic mass is 9.87. The fourth-order valence-corrected chi connectivity index (χ4v) is 2.80. The van der Waals surface area contributed by atoms with Crippen molar-refractivity contribution in [2.24, 2.45) is 5.41 Å². The molecular formula is C14H20N4. The minimum atomic E-state index is 0.341. The van der Waals surface area contributed by atoms with Crippen LogP contribution in [-0.4, -0.2) is 20.6 Å². The van der Waals surface area contributed by atoms with Crippen molar-refractivity contribution in [2.75, 3.05) is 5.32 Å². The van der Waals surface area contributed by atoms with Gasteiger partial charge in [0, 0.05) is 12.2 Å². The first-order chi connectivity index (χ1) is 8.54. The molecule has 96 valence electrons. The molecule has 1 unspecified atom stereocenters. The van der Waals surface area contributed by atoms with Gasteiger partial charge in [-0.3, -0.25) is 0 Å². The van der Waals surface area contributed by atoms with Gasteiger partial charge in [-0.15, -0.1) is 5.10 Å². The first-order valence-electron chi connectivity index (χ1n) is 6.64. The molecule has 0 amide bonds. The van der Waals surface area contributed by atoms with Gasteiger partial charge in [-0.2, -0.15) is 4.98 Å². The molecule has 0 spiro atoms. The van der Waals surface area contributed by atoms with E-state index < -0.39 is 0 Å². The monoisotopic (exact) mass is 244 g/mol. The molecule has 2 aromatic heterocycles. The van der Waals surface area contributed by atoms with Crippen LogP contribution < -0.4 is 5.32 Å². The summed E-state index contributed by atoms with van der Waals surface area (Å²) in [7, 11) is 0. The molecule has 2 aromatic rings. The molecule has 1 atom stereocenters. The Morgan fingerprint density at radius 3 is 2.94 bits per heavy atom. The van der Waals surface area contributed by atoms with Crippen LogP contribution in [0.3, 0.4) is 0 Å². The smallest absolute Gasteiger partial charge is 0.243 e. The van der Waals surface area contributed by atoms with Gasteiger partial charge in [-0.05, 0) is 36.8 Å². The lowest BCUT2D eigenvalue weighted by Crippen LogP contribution is -2.31. The summed E-state index contributed by atoms with van der Waals surface area (Å²) in [6, 6.07) is 4.55. The minimum Gasteiger partial charge on any atom is -0.350 e. The second-order valence-corrected chi connectivity index (χ2v) is 6.02. The summed E-state index contributed by atoms with van der Waals surface area (Å²) >= 11 is 0. The molecule has 0 bridgehead atoms. The van der Waals surface area contributed by atoms with E-state index in [4.69, 9.17) is 0 Å². The van der Waals surface area contributed by atoms with Crippen LogP contribution in [-0.2, 0) is 0 Å². The highest BCUT2D eigenvalue weighted by molar-refractivity contribution is 5.44. The highest BCUT2D eigenvalue weighted by atomic mass is 15.3. The van der Waals surface area contributed by atoms with E-state index in [0.717, 1.165) is 11.6 Å². The van der Waals surface area contributed by atoms with E-state index in [1.54, 1.807) is 0 Å². The standard InChI is InChI=1S/C14H20N4/c1-10-6-7-12-16-13(17-18(12)9-10)15-11-5-4-8-14(11,2)3/h6-7,9,11H,4-5,8H2,1-3H3,(H,15,17). The second-order valence-electron chi connectivity index (χ2n) is 6.02. The van der Waals surface area contributed by atoms with Crippen molar-refractivity contribution in [3.8, 4) is 0 Å². The number of aryl methyl sites for hydroxylation is 1. The molecule has 0 aromatic carbocycles. The number of pyridine rings is 1. The molecule has 1 aliphatic carbocycles. The molecule has 1 aliphatic rings. The zero-order chi connectivity index (χ0) is 12.8. The van der Waals surface area contributed by atoms with E-state index >= 15 is 0 Å². The average molecular weight is 244 g/mol. The number of fused-ring (bicyclic) bond motifs is 1. The Labute approximate surface area is 107 Å². The zero-order valence-corrected chi connectivity index (χ0v) is 11.3. The highest BCUT2D eigenvalue weighted by Gasteiger charge is 2.34. The van der Waals surface area contributed by atoms with Crippen molar-refractivity contribution >= 4 is 11.6 Å². The Balaban J connectivity index is 1.87. The molecule has 1 N–H and O–H groups in total.